The fourth-order valence-corrected chi connectivity index (χ4v) is 3.28. The van der Waals surface area contributed by atoms with Crippen LogP contribution in [0.25, 0.3) is 0 Å². The molecule has 3 fully saturated rings. The van der Waals surface area contributed by atoms with E-state index in [1.165, 1.54) is 38.5 Å². The Hall–Kier alpha value is -0.0800. The van der Waals surface area contributed by atoms with Crippen molar-refractivity contribution in [3.8, 4) is 0 Å². The van der Waals surface area contributed by atoms with Crippen molar-refractivity contribution in [3.05, 3.63) is 0 Å². The van der Waals surface area contributed by atoms with Crippen LogP contribution in [0.1, 0.15) is 44.9 Å². The van der Waals surface area contributed by atoms with Crippen molar-refractivity contribution < 1.29 is 4.74 Å². The maximum atomic E-state index is 6.15. The smallest absolute Gasteiger partial charge is 0.0661 e. The van der Waals surface area contributed by atoms with Gasteiger partial charge in [-0.2, -0.15) is 0 Å². The van der Waals surface area contributed by atoms with Gasteiger partial charge in [-0.05, 0) is 38.0 Å². The average Bonchev–Trinajstić information content (AvgIpc) is 2.84. The van der Waals surface area contributed by atoms with Crippen molar-refractivity contribution in [2.75, 3.05) is 6.61 Å². The highest BCUT2D eigenvalue weighted by molar-refractivity contribution is 5.08. The van der Waals surface area contributed by atoms with Gasteiger partial charge in [0.15, 0.2) is 0 Å². The molecular formula is C12H21NO. The molecule has 2 N–H and O–H groups in total. The SMILES string of the molecule is NC1CC(OCC2CC2)C12CCCC2. The largest absolute Gasteiger partial charge is 0.377 e. The first-order chi connectivity index (χ1) is 6.81. The van der Waals surface area contributed by atoms with E-state index in [9.17, 15) is 0 Å². The molecule has 2 nitrogen and oxygen atoms in total. The van der Waals surface area contributed by atoms with Crippen LogP contribution in [0.3, 0.4) is 0 Å². The summed E-state index contributed by atoms with van der Waals surface area (Å²) in [4.78, 5) is 0. The Morgan fingerprint density at radius 1 is 1.21 bits per heavy atom. The maximum absolute atomic E-state index is 6.15. The minimum atomic E-state index is 0.412. The molecule has 0 heterocycles. The molecule has 0 aromatic carbocycles. The van der Waals surface area contributed by atoms with Gasteiger partial charge in [0.1, 0.15) is 0 Å². The van der Waals surface area contributed by atoms with Gasteiger partial charge in [0.25, 0.3) is 0 Å². The van der Waals surface area contributed by atoms with Crippen molar-refractivity contribution in [2.45, 2.75) is 57.1 Å². The molecule has 3 aliphatic rings. The van der Waals surface area contributed by atoms with Crippen molar-refractivity contribution >= 4 is 0 Å². The Kier molecular flexibility index (Phi) is 2.10. The highest BCUT2D eigenvalue weighted by Crippen LogP contribution is 2.54. The molecule has 3 rings (SSSR count). The van der Waals surface area contributed by atoms with Gasteiger partial charge in [-0.25, -0.2) is 0 Å². The monoisotopic (exact) mass is 195 g/mol. The first-order valence-corrected chi connectivity index (χ1v) is 6.18. The van der Waals surface area contributed by atoms with Crippen molar-refractivity contribution in [3.63, 3.8) is 0 Å². The lowest BCUT2D eigenvalue weighted by atomic mass is 9.61. The molecule has 0 saturated heterocycles. The van der Waals surface area contributed by atoms with E-state index in [1.54, 1.807) is 0 Å². The summed E-state index contributed by atoms with van der Waals surface area (Å²) >= 11 is 0. The molecule has 3 aliphatic carbocycles. The number of hydrogen-bond acceptors (Lipinski definition) is 2. The maximum Gasteiger partial charge on any atom is 0.0661 e. The number of rotatable bonds is 3. The van der Waals surface area contributed by atoms with E-state index in [-0.39, 0.29) is 0 Å². The lowest BCUT2D eigenvalue weighted by molar-refractivity contribution is -0.126. The minimum Gasteiger partial charge on any atom is -0.377 e. The van der Waals surface area contributed by atoms with Crippen LogP contribution < -0.4 is 5.73 Å². The summed E-state index contributed by atoms with van der Waals surface area (Å²) in [5.74, 6) is 0.894. The first kappa shape index (κ1) is 9.17. The lowest BCUT2D eigenvalue weighted by Crippen LogP contribution is -2.61. The van der Waals surface area contributed by atoms with Gasteiger partial charge in [0, 0.05) is 18.1 Å². The molecule has 0 radical (unpaired) electrons. The summed E-state index contributed by atoms with van der Waals surface area (Å²) < 4.78 is 6.03. The predicted octanol–water partition coefficient (Wildman–Crippen LogP) is 2.07. The highest BCUT2D eigenvalue weighted by Gasteiger charge is 2.55. The van der Waals surface area contributed by atoms with Crippen LogP contribution in [0.5, 0.6) is 0 Å². The molecule has 14 heavy (non-hydrogen) atoms. The Morgan fingerprint density at radius 2 is 1.93 bits per heavy atom. The van der Waals surface area contributed by atoms with E-state index in [2.05, 4.69) is 0 Å². The summed E-state index contributed by atoms with van der Waals surface area (Å²) in [5, 5.41) is 0. The molecule has 0 bridgehead atoms. The normalized spacial score (nSPS) is 40.1. The van der Waals surface area contributed by atoms with E-state index >= 15 is 0 Å². The van der Waals surface area contributed by atoms with Gasteiger partial charge >= 0.3 is 0 Å². The highest BCUT2D eigenvalue weighted by atomic mass is 16.5. The number of hydrogen-bond donors (Lipinski definition) is 1. The Balaban J connectivity index is 1.57. The van der Waals surface area contributed by atoms with Gasteiger partial charge < -0.3 is 10.5 Å². The van der Waals surface area contributed by atoms with E-state index in [0.29, 0.717) is 17.6 Å². The molecule has 0 aliphatic heterocycles. The molecule has 80 valence electrons. The average molecular weight is 195 g/mol. The summed E-state index contributed by atoms with van der Waals surface area (Å²) in [6.45, 7) is 1.01. The van der Waals surface area contributed by atoms with E-state index in [1.807, 2.05) is 0 Å². The summed E-state index contributed by atoms with van der Waals surface area (Å²) in [6.07, 6.45) is 9.81. The zero-order chi connectivity index (χ0) is 9.60. The van der Waals surface area contributed by atoms with Crippen molar-refractivity contribution in [2.24, 2.45) is 17.1 Å². The molecular weight excluding hydrogens is 174 g/mol. The van der Waals surface area contributed by atoms with Gasteiger partial charge in [0.2, 0.25) is 0 Å². The minimum absolute atomic E-state index is 0.412. The van der Waals surface area contributed by atoms with Crippen LogP contribution in [0, 0.1) is 11.3 Å². The zero-order valence-corrected chi connectivity index (χ0v) is 8.87. The second-order valence-corrected chi connectivity index (χ2v) is 5.55. The van der Waals surface area contributed by atoms with Crippen molar-refractivity contribution in [1.29, 1.82) is 0 Å². The van der Waals surface area contributed by atoms with Crippen LogP contribution in [0.4, 0.5) is 0 Å². The van der Waals surface area contributed by atoms with Crippen molar-refractivity contribution in [1.82, 2.24) is 0 Å². The van der Waals surface area contributed by atoms with E-state index in [0.717, 1.165) is 18.9 Å². The molecule has 3 saturated carbocycles. The lowest BCUT2D eigenvalue weighted by Gasteiger charge is -2.52. The Labute approximate surface area is 86.2 Å². The summed E-state index contributed by atoms with van der Waals surface area (Å²) in [6, 6.07) is 0.439. The zero-order valence-electron chi connectivity index (χ0n) is 8.87. The van der Waals surface area contributed by atoms with Crippen LogP contribution in [-0.4, -0.2) is 18.8 Å². The Morgan fingerprint density at radius 3 is 2.50 bits per heavy atom. The fraction of sp³-hybridized carbons (Fsp3) is 1.00. The van der Waals surface area contributed by atoms with Gasteiger partial charge in [-0.3, -0.25) is 0 Å². The third-order valence-corrected chi connectivity index (χ3v) is 4.61. The first-order valence-electron chi connectivity index (χ1n) is 6.18. The second-order valence-electron chi connectivity index (χ2n) is 5.55. The molecule has 0 aromatic heterocycles. The van der Waals surface area contributed by atoms with E-state index in [4.69, 9.17) is 10.5 Å². The topological polar surface area (TPSA) is 35.2 Å². The third kappa shape index (κ3) is 1.31. The van der Waals surface area contributed by atoms with Crippen LogP contribution in [0.2, 0.25) is 0 Å². The second kappa shape index (κ2) is 3.21. The Bertz CT molecular complexity index is 218. The molecule has 1 spiro atoms. The van der Waals surface area contributed by atoms with Crippen LogP contribution in [0.15, 0.2) is 0 Å². The standard InChI is InChI=1S/C12H21NO/c13-10-7-11(14-8-9-3-4-9)12(10)5-1-2-6-12/h9-11H,1-8,13H2. The van der Waals surface area contributed by atoms with Gasteiger partial charge in [-0.15, -0.1) is 0 Å². The molecule has 2 atom stereocenters. The quantitative estimate of drug-likeness (QED) is 0.748. The predicted molar refractivity (Wildman–Crippen MR) is 56.0 cm³/mol. The molecule has 0 amide bonds. The third-order valence-electron chi connectivity index (χ3n) is 4.61. The summed E-state index contributed by atoms with van der Waals surface area (Å²) in [7, 11) is 0. The fourth-order valence-electron chi connectivity index (χ4n) is 3.28. The van der Waals surface area contributed by atoms with Gasteiger partial charge in [-0.1, -0.05) is 12.8 Å². The van der Waals surface area contributed by atoms with Crippen LogP contribution in [-0.2, 0) is 4.74 Å². The van der Waals surface area contributed by atoms with Crippen LogP contribution >= 0.6 is 0 Å². The molecule has 2 heteroatoms. The molecule has 2 unspecified atom stereocenters. The number of nitrogens with two attached hydrogens (primary N) is 1. The molecule has 0 aromatic rings. The van der Waals surface area contributed by atoms with Gasteiger partial charge in [0.05, 0.1) is 6.10 Å². The van der Waals surface area contributed by atoms with E-state index < -0.39 is 0 Å². The summed E-state index contributed by atoms with van der Waals surface area (Å²) in [5.41, 5.74) is 6.56. The number of ether oxygens (including phenoxy) is 1.